The Morgan fingerprint density at radius 3 is 2.44 bits per heavy atom. The van der Waals surface area contributed by atoms with Gasteiger partial charge in [0.15, 0.2) is 5.52 Å². The molecule has 0 radical (unpaired) electrons. The molecule has 0 bridgehead atoms. The second kappa shape index (κ2) is 11.2. The third-order valence-electron chi connectivity index (χ3n) is 6.61. The van der Waals surface area contributed by atoms with Crippen molar-refractivity contribution in [2.45, 2.75) is 51.5 Å². The number of hydrogen-bond acceptors (Lipinski definition) is 9. The van der Waals surface area contributed by atoms with E-state index in [0.717, 1.165) is 16.4 Å². The van der Waals surface area contributed by atoms with Gasteiger partial charge in [0.1, 0.15) is 16.6 Å². The average molecular weight is 579 g/mol. The first-order chi connectivity index (χ1) is 18.4. The van der Waals surface area contributed by atoms with Crippen molar-refractivity contribution in [3.8, 4) is 17.1 Å². The number of benzene rings is 1. The maximum Gasteiger partial charge on any atom is 0.299 e. The molecular weight excluding hydrogens is 544 g/mol. The summed E-state index contributed by atoms with van der Waals surface area (Å²) in [7, 11) is -3.54. The van der Waals surface area contributed by atoms with Crippen LogP contribution >= 0.6 is 0 Å². The number of piperazine rings is 1. The van der Waals surface area contributed by atoms with E-state index in [9.17, 15) is 21.6 Å². The van der Waals surface area contributed by atoms with Crippen LogP contribution in [0.3, 0.4) is 0 Å². The van der Waals surface area contributed by atoms with Crippen LogP contribution in [0.25, 0.3) is 22.4 Å². The third kappa shape index (κ3) is 5.25. The zero-order valence-corrected chi connectivity index (χ0v) is 24.6. The highest BCUT2D eigenvalue weighted by Crippen LogP contribution is 2.35. The fourth-order valence-electron chi connectivity index (χ4n) is 4.89. The minimum absolute atomic E-state index is 0.0122. The normalized spacial score (nSPS) is 15.4. The number of likely N-dealkylation sites (N-methyl/N-ethyl adjacent to an activating group) is 1. The largest absolute Gasteiger partial charge is 0.493 e. The number of aromatic nitrogens is 4. The van der Waals surface area contributed by atoms with E-state index in [4.69, 9.17) is 4.74 Å². The molecule has 3 heterocycles. The van der Waals surface area contributed by atoms with Gasteiger partial charge < -0.3 is 9.30 Å². The molecule has 0 aliphatic carbocycles. The molecule has 39 heavy (non-hydrogen) atoms. The van der Waals surface area contributed by atoms with Gasteiger partial charge >= 0.3 is 0 Å². The lowest BCUT2D eigenvalue weighted by atomic mass is 10.1. The quantitative estimate of drug-likeness (QED) is 0.366. The van der Waals surface area contributed by atoms with E-state index in [1.807, 2.05) is 25.3 Å². The fraction of sp³-hybridized carbons (Fsp3) is 0.520. The first-order valence-corrected chi connectivity index (χ1v) is 15.4. The highest BCUT2D eigenvalue weighted by molar-refractivity contribution is 7.90. The van der Waals surface area contributed by atoms with Gasteiger partial charge in [0.05, 0.1) is 28.3 Å². The summed E-state index contributed by atoms with van der Waals surface area (Å²) in [6, 6.07) is 4.15. The molecule has 0 N–H and O–H groups in total. The number of aryl methyl sites for hydroxylation is 2. The first kappa shape index (κ1) is 28.9. The van der Waals surface area contributed by atoms with Crippen molar-refractivity contribution in [2.75, 3.05) is 33.3 Å². The highest BCUT2D eigenvalue weighted by Gasteiger charge is 2.34. The van der Waals surface area contributed by atoms with Gasteiger partial charge in [0, 0.05) is 32.7 Å². The summed E-state index contributed by atoms with van der Waals surface area (Å²) in [5.41, 5.74) is 1.60. The maximum atomic E-state index is 13.8. The average Bonchev–Trinajstić information content (AvgIpc) is 3.20. The second-order valence-electron chi connectivity index (χ2n) is 9.76. The summed E-state index contributed by atoms with van der Waals surface area (Å²) in [5.74, 6) is 0.608. The Balaban J connectivity index is 2.02. The topological polar surface area (TPSA) is 137 Å². The zero-order valence-electron chi connectivity index (χ0n) is 23.0. The molecular formula is C25H34N6O6S2. The van der Waals surface area contributed by atoms with Crippen molar-refractivity contribution in [1.82, 2.24) is 28.5 Å². The van der Waals surface area contributed by atoms with Crippen molar-refractivity contribution in [1.29, 1.82) is 0 Å². The van der Waals surface area contributed by atoms with Gasteiger partial charge in [-0.3, -0.25) is 14.4 Å². The van der Waals surface area contributed by atoms with E-state index in [1.165, 1.54) is 22.9 Å². The van der Waals surface area contributed by atoms with E-state index in [-0.39, 0.29) is 34.8 Å². The van der Waals surface area contributed by atoms with Gasteiger partial charge in [-0.1, -0.05) is 13.3 Å². The van der Waals surface area contributed by atoms with Crippen LogP contribution in [-0.4, -0.2) is 83.6 Å². The molecule has 3 aromatic rings. The number of sulfonamides is 1. The van der Waals surface area contributed by atoms with Crippen LogP contribution in [0.4, 0.5) is 0 Å². The molecule has 12 nitrogen and oxygen atoms in total. The summed E-state index contributed by atoms with van der Waals surface area (Å²) in [6.45, 7) is 8.37. The van der Waals surface area contributed by atoms with Crippen LogP contribution in [0.5, 0.6) is 5.75 Å². The second-order valence-corrected chi connectivity index (χ2v) is 12.6. The smallest absolute Gasteiger partial charge is 0.299 e. The molecule has 0 saturated carbocycles. The molecule has 1 aromatic carbocycles. The standard InChI is InChI=1S/C25H34N6O6S2/c1-7-9-19-22-23(29(6)27-19)25(32)26-24(31(22)16(3)4)18-14-17(10-11-20(18)37-8-2)39(35,36)30-13-12-28(5)15-21(30)38(33)34/h10-11,14,16H,7-9,12-13,15H2,1-6H3. The van der Waals surface area contributed by atoms with Crippen LogP contribution in [0.15, 0.2) is 27.9 Å². The van der Waals surface area contributed by atoms with Crippen LogP contribution in [0.2, 0.25) is 0 Å². The Morgan fingerprint density at radius 2 is 1.82 bits per heavy atom. The fourth-order valence-corrected chi connectivity index (χ4v) is 7.36. The van der Waals surface area contributed by atoms with Crippen LogP contribution < -0.4 is 10.3 Å². The van der Waals surface area contributed by atoms with Gasteiger partial charge in [-0.15, -0.1) is 0 Å². The van der Waals surface area contributed by atoms with Crippen molar-refractivity contribution >= 4 is 36.3 Å². The molecule has 4 rings (SSSR count). The number of ether oxygens (including phenoxy) is 1. The number of nitrogens with zero attached hydrogens (tertiary/aromatic N) is 6. The molecule has 1 aliphatic rings. The Labute approximate surface area is 229 Å². The molecule has 1 fully saturated rings. The number of fused-ring (bicyclic) bond motifs is 1. The molecule has 0 spiro atoms. The van der Waals surface area contributed by atoms with Crippen molar-refractivity contribution < 1.29 is 21.6 Å². The SMILES string of the molecule is CCCc1nn(C)c2c(=O)nc(-c3cc(S(=O)(=O)N4CCN(C)CC4=S(=O)=O)ccc3OCC)n(C(C)C)c12. The first-order valence-electron chi connectivity index (χ1n) is 12.8. The molecule has 212 valence electrons. The lowest BCUT2D eigenvalue weighted by Gasteiger charge is -2.31. The minimum atomic E-state index is -4.25. The number of rotatable bonds is 8. The minimum Gasteiger partial charge on any atom is -0.493 e. The van der Waals surface area contributed by atoms with Crippen LogP contribution in [0.1, 0.15) is 45.9 Å². The highest BCUT2D eigenvalue weighted by atomic mass is 32.2. The predicted molar refractivity (Wildman–Crippen MR) is 149 cm³/mol. The molecule has 0 amide bonds. The maximum absolute atomic E-state index is 13.8. The summed E-state index contributed by atoms with van der Waals surface area (Å²) in [4.78, 5) is 19.1. The molecule has 14 heteroatoms. The Kier molecular flexibility index (Phi) is 8.30. The van der Waals surface area contributed by atoms with Gasteiger partial charge in [0.2, 0.25) is 20.3 Å². The van der Waals surface area contributed by atoms with Gasteiger partial charge in [-0.05, 0) is 52.4 Å². The van der Waals surface area contributed by atoms with Gasteiger partial charge in [-0.25, -0.2) is 8.42 Å². The zero-order chi connectivity index (χ0) is 28.6. The monoisotopic (exact) mass is 578 g/mol. The molecule has 1 saturated heterocycles. The van der Waals surface area contributed by atoms with Gasteiger partial charge in [-0.2, -0.15) is 22.8 Å². The number of hydrogen-bond donors (Lipinski definition) is 0. The summed E-state index contributed by atoms with van der Waals surface area (Å²) in [5, 5.41) is 4.58. The lowest BCUT2D eigenvalue weighted by molar-refractivity contribution is 0.320. The molecule has 2 aromatic heterocycles. The van der Waals surface area contributed by atoms with E-state index in [2.05, 4.69) is 10.1 Å². The summed E-state index contributed by atoms with van der Waals surface area (Å²) < 4.78 is 61.6. The Morgan fingerprint density at radius 1 is 1.10 bits per heavy atom. The lowest BCUT2D eigenvalue weighted by Crippen LogP contribution is -2.51. The van der Waals surface area contributed by atoms with Gasteiger partial charge in [0.25, 0.3) is 5.56 Å². The van der Waals surface area contributed by atoms with E-state index >= 15 is 0 Å². The van der Waals surface area contributed by atoms with E-state index in [0.29, 0.717) is 41.9 Å². The van der Waals surface area contributed by atoms with Crippen LogP contribution in [0, 0.1) is 0 Å². The summed E-state index contributed by atoms with van der Waals surface area (Å²) >= 11 is 0. The van der Waals surface area contributed by atoms with E-state index < -0.39 is 25.9 Å². The predicted octanol–water partition coefficient (Wildman–Crippen LogP) is 1.67. The van der Waals surface area contributed by atoms with Crippen molar-refractivity contribution in [3.63, 3.8) is 0 Å². The van der Waals surface area contributed by atoms with Crippen molar-refractivity contribution in [3.05, 3.63) is 34.2 Å². The Bertz CT molecular complexity index is 1720. The molecule has 0 atom stereocenters. The molecule has 0 unspecified atom stereocenters. The summed E-state index contributed by atoms with van der Waals surface area (Å²) in [6.07, 6.45) is 1.47. The van der Waals surface area contributed by atoms with Crippen molar-refractivity contribution in [2.24, 2.45) is 7.05 Å². The molecule has 1 aliphatic heterocycles. The van der Waals surface area contributed by atoms with Crippen LogP contribution in [-0.2, 0) is 33.8 Å². The van der Waals surface area contributed by atoms with E-state index in [1.54, 1.807) is 25.9 Å². The Hall–Kier alpha value is -3.07. The third-order valence-corrected chi connectivity index (χ3v) is 9.30.